The van der Waals surface area contributed by atoms with Crippen molar-refractivity contribution in [2.75, 3.05) is 0 Å². The average molecular weight is 553 g/mol. The second-order valence-electron chi connectivity index (χ2n) is 6.66. The van der Waals surface area contributed by atoms with Crippen LogP contribution in [0.3, 0.4) is 0 Å². The molecule has 6 nitrogen and oxygen atoms in total. The first-order valence-corrected chi connectivity index (χ1v) is 11.1. The van der Waals surface area contributed by atoms with Crippen LogP contribution in [0.15, 0.2) is 102 Å². The van der Waals surface area contributed by atoms with Crippen LogP contribution in [0.4, 0.5) is 6.01 Å². The number of carbonyl (C=O) groups is 1. The van der Waals surface area contributed by atoms with E-state index in [0.29, 0.717) is 26.6 Å². The van der Waals surface area contributed by atoms with Crippen molar-refractivity contribution < 1.29 is 9.21 Å². The lowest BCUT2D eigenvalue weighted by Crippen LogP contribution is -2.23. The van der Waals surface area contributed by atoms with Gasteiger partial charge >= 0.3 is 11.6 Å². The zero-order valence-electron chi connectivity index (χ0n) is 16.5. The molecule has 4 aromatic rings. The minimum atomic E-state index is -0.564. The zero-order valence-corrected chi connectivity index (χ0v) is 19.6. The van der Waals surface area contributed by atoms with E-state index in [2.05, 4.69) is 47.2 Å². The normalized spacial score (nSPS) is 11.8. The van der Waals surface area contributed by atoms with Gasteiger partial charge in [-0.1, -0.05) is 64.5 Å². The highest BCUT2D eigenvalue weighted by Gasteiger charge is 2.11. The number of aliphatic imine (C=N–C) groups is 1. The van der Waals surface area contributed by atoms with Gasteiger partial charge < -0.3 is 9.73 Å². The Hall–Kier alpha value is -3.36. The molecule has 0 aliphatic rings. The van der Waals surface area contributed by atoms with Crippen molar-refractivity contribution in [3.05, 3.63) is 109 Å². The summed E-state index contributed by atoms with van der Waals surface area (Å²) in [6, 6.07) is 21.6. The predicted octanol–water partition coefficient (Wildman–Crippen LogP) is 5.89. The lowest BCUT2D eigenvalue weighted by atomic mass is 10.2. The highest BCUT2D eigenvalue weighted by atomic mass is 79.9. The molecule has 1 N–H and O–H groups in total. The Morgan fingerprint density at radius 3 is 2.41 bits per heavy atom. The smallest absolute Gasteiger partial charge is 0.348 e. The summed E-state index contributed by atoms with van der Waals surface area (Å²) in [6.45, 7) is 0. The minimum absolute atomic E-state index is 0.126. The van der Waals surface area contributed by atoms with Gasteiger partial charge in [-0.2, -0.15) is 4.98 Å². The number of halogens is 2. The van der Waals surface area contributed by atoms with E-state index in [1.165, 1.54) is 6.21 Å². The molecule has 0 saturated carbocycles. The van der Waals surface area contributed by atoms with Crippen LogP contribution < -0.4 is 10.9 Å². The van der Waals surface area contributed by atoms with Gasteiger partial charge in [-0.3, -0.25) is 4.79 Å². The van der Waals surface area contributed by atoms with E-state index >= 15 is 0 Å². The molecule has 3 aromatic carbocycles. The molecule has 0 bridgehead atoms. The number of carbonyl (C=O) groups excluding carboxylic acids is 1. The third-order valence-electron chi connectivity index (χ3n) is 4.37. The molecule has 4 rings (SSSR count). The summed E-state index contributed by atoms with van der Waals surface area (Å²) in [7, 11) is 0. The maximum absolute atomic E-state index is 12.6. The van der Waals surface area contributed by atoms with Gasteiger partial charge in [0.1, 0.15) is 0 Å². The molecule has 8 heteroatoms. The Morgan fingerprint density at radius 1 is 1.00 bits per heavy atom. The molecule has 0 unspecified atom stereocenters. The van der Waals surface area contributed by atoms with Crippen molar-refractivity contribution in [2.24, 2.45) is 4.99 Å². The van der Waals surface area contributed by atoms with E-state index in [1.807, 2.05) is 36.4 Å². The summed E-state index contributed by atoms with van der Waals surface area (Å²) in [5.41, 5.74) is 1.64. The second kappa shape index (κ2) is 9.84. The number of benzene rings is 3. The molecule has 1 aromatic heterocycles. The SMILES string of the molecule is O=C(NC(/C=N/c1nc2c(Br)cc(Br)cc2c(=O)o1)=C/c1ccccc1)c1ccccc1. The number of nitrogens with one attached hydrogen (secondary N) is 1. The van der Waals surface area contributed by atoms with Crippen LogP contribution in [0.25, 0.3) is 17.0 Å². The third-order valence-corrected chi connectivity index (χ3v) is 5.43. The topological polar surface area (TPSA) is 84.6 Å². The number of hydrogen-bond donors (Lipinski definition) is 1. The molecule has 0 radical (unpaired) electrons. The van der Waals surface area contributed by atoms with Gasteiger partial charge in [0.05, 0.1) is 22.8 Å². The largest absolute Gasteiger partial charge is 0.387 e. The van der Waals surface area contributed by atoms with Crippen LogP contribution in [0, 0.1) is 0 Å². The molecule has 0 aliphatic heterocycles. The number of amides is 1. The second-order valence-corrected chi connectivity index (χ2v) is 8.43. The monoisotopic (exact) mass is 551 g/mol. The van der Waals surface area contributed by atoms with E-state index in [-0.39, 0.29) is 11.9 Å². The minimum Gasteiger partial charge on any atom is -0.387 e. The first-order chi connectivity index (χ1) is 15.5. The highest BCUT2D eigenvalue weighted by Crippen LogP contribution is 2.26. The fourth-order valence-electron chi connectivity index (χ4n) is 2.90. The Morgan fingerprint density at radius 2 is 1.69 bits per heavy atom. The third kappa shape index (κ3) is 5.27. The number of rotatable bonds is 5. The van der Waals surface area contributed by atoms with Gasteiger partial charge in [-0.05, 0) is 51.8 Å². The number of aromatic nitrogens is 1. The molecular weight excluding hydrogens is 538 g/mol. The van der Waals surface area contributed by atoms with Gasteiger partial charge in [-0.25, -0.2) is 9.79 Å². The molecular formula is C24H15Br2N3O3. The molecule has 1 amide bonds. The van der Waals surface area contributed by atoms with E-state index in [0.717, 1.165) is 10.0 Å². The molecule has 0 saturated heterocycles. The van der Waals surface area contributed by atoms with Crippen LogP contribution in [-0.2, 0) is 0 Å². The number of nitrogens with zero attached hydrogens (tertiary/aromatic N) is 2. The molecule has 0 aliphatic carbocycles. The summed E-state index contributed by atoms with van der Waals surface area (Å²) < 4.78 is 6.59. The van der Waals surface area contributed by atoms with Crippen LogP contribution in [0.2, 0.25) is 0 Å². The summed E-state index contributed by atoms with van der Waals surface area (Å²) >= 11 is 6.75. The summed E-state index contributed by atoms with van der Waals surface area (Å²) in [5.74, 6) is -0.292. The van der Waals surface area contributed by atoms with E-state index in [4.69, 9.17) is 4.42 Å². The van der Waals surface area contributed by atoms with Crippen molar-refractivity contribution in [3.63, 3.8) is 0 Å². The van der Waals surface area contributed by atoms with Gasteiger partial charge in [0, 0.05) is 14.5 Å². The van der Waals surface area contributed by atoms with Crippen molar-refractivity contribution in [1.82, 2.24) is 10.3 Å². The van der Waals surface area contributed by atoms with E-state index in [9.17, 15) is 9.59 Å². The Kier molecular flexibility index (Phi) is 6.72. The number of fused-ring (bicyclic) bond motifs is 1. The fourth-order valence-corrected chi connectivity index (χ4v) is 4.21. The lowest BCUT2D eigenvalue weighted by Gasteiger charge is -2.06. The van der Waals surface area contributed by atoms with Crippen LogP contribution >= 0.6 is 31.9 Å². The van der Waals surface area contributed by atoms with Crippen molar-refractivity contribution >= 4 is 67.0 Å². The quantitative estimate of drug-likeness (QED) is 0.313. The Balaban J connectivity index is 1.70. The number of allylic oxidation sites excluding steroid dienone is 1. The Labute approximate surface area is 200 Å². The lowest BCUT2D eigenvalue weighted by molar-refractivity contribution is 0.0968. The zero-order chi connectivity index (χ0) is 22.5. The van der Waals surface area contributed by atoms with Gasteiger partial charge in [0.15, 0.2) is 0 Å². The van der Waals surface area contributed by atoms with Gasteiger partial charge in [0.2, 0.25) is 0 Å². The fraction of sp³-hybridized carbons (Fsp3) is 0. The first-order valence-electron chi connectivity index (χ1n) is 9.47. The van der Waals surface area contributed by atoms with Crippen LogP contribution in [0.5, 0.6) is 0 Å². The molecule has 0 spiro atoms. The molecule has 0 fully saturated rings. The maximum Gasteiger partial charge on any atom is 0.348 e. The van der Waals surface area contributed by atoms with Crippen molar-refractivity contribution in [1.29, 1.82) is 0 Å². The average Bonchev–Trinajstić information content (AvgIpc) is 2.79. The van der Waals surface area contributed by atoms with Crippen LogP contribution in [-0.4, -0.2) is 17.1 Å². The van der Waals surface area contributed by atoms with Crippen molar-refractivity contribution in [3.8, 4) is 0 Å². The molecule has 158 valence electrons. The summed E-state index contributed by atoms with van der Waals surface area (Å²) in [5, 5.41) is 3.15. The van der Waals surface area contributed by atoms with Gasteiger partial charge in [-0.15, -0.1) is 0 Å². The predicted molar refractivity (Wildman–Crippen MR) is 132 cm³/mol. The molecule has 0 atom stereocenters. The number of hydrogen-bond acceptors (Lipinski definition) is 5. The summed E-state index contributed by atoms with van der Waals surface area (Å²) in [4.78, 5) is 33.6. The van der Waals surface area contributed by atoms with Gasteiger partial charge in [0.25, 0.3) is 5.91 Å². The summed E-state index contributed by atoms with van der Waals surface area (Å²) in [6.07, 6.45) is 3.16. The van der Waals surface area contributed by atoms with Crippen LogP contribution in [0.1, 0.15) is 15.9 Å². The highest BCUT2D eigenvalue weighted by molar-refractivity contribution is 9.11. The molecule has 32 heavy (non-hydrogen) atoms. The molecule has 1 heterocycles. The van der Waals surface area contributed by atoms with E-state index in [1.54, 1.807) is 42.5 Å². The van der Waals surface area contributed by atoms with Crippen molar-refractivity contribution in [2.45, 2.75) is 0 Å². The first kappa shape index (κ1) is 21.9. The van der Waals surface area contributed by atoms with E-state index < -0.39 is 5.63 Å². The standard InChI is InChI=1S/C24H15Br2N3O3/c25-17-12-19-21(20(26)13-17)29-24(32-23(19)31)27-14-18(11-15-7-3-1-4-8-15)28-22(30)16-9-5-2-6-10-16/h1-14H,(H,28,30)/b18-11+,27-14+. The Bertz CT molecular complexity index is 1400. The maximum atomic E-state index is 12.6.